The van der Waals surface area contributed by atoms with Gasteiger partial charge in [0.2, 0.25) is 5.91 Å². The Morgan fingerprint density at radius 2 is 2.00 bits per heavy atom. The van der Waals surface area contributed by atoms with E-state index in [1.54, 1.807) is 43.1 Å². The number of methoxy groups -OCH3 is 1. The highest BCUT2D eigenvalue weighted by atomic mass is 35.5. The average Bonchev–Trinajstić information content (AvgIpc) is 2.94. The topological polar surface area (TPSA) is 94.9 Å². The van der Waals surface area contributed by atoms with Gasteiger partial charge in [0.1, 0.15) is 11.6 Å². The van der Waals surface area contributed by atoms with Crippen LogP contribution < -0.4 is 10.2 Å². The van der Waals surface area contributed by atoms with Crippen LogP contribution >= 0.6 is 23.4 Å². The van der Waals surface area contributed by atoms with E-state index >= 15 is 0 Å². The minimum Gasteiger partial charge on any atom is -0.497 e. The van der Waals surface area contributed by atoms with Crippen LogP contribution in [0.25, 0.3) is 10.9 Å². The number of nitrogens with zero attached hydrogens (tertiary/aromatic N) is 2. The smallest absolute Gasteiger partial charge is 0.249 e. The lowest BCUT2D eigenvalue weighted by Crippen LogP contribution is -2.48. The van der Waals surface area contributed by atoms with Crippen molar-refractivity contribution in [3.8, 4) is 5.75 Å². The van der Waals surface area contributed by atoms with Crippen molar-refractivity contribution in [1.29, 1.82) is 0 Å². The van der Waals surface area contributed by atoms with E-state index in [9.17, 15) is 19.5 Å². The molecule has 10 heteroatoms. The fourth-order valence-electron chi connectivity index (χ4n) is 5.11. The van der Waals surface area contributed by atoms with E-state index in [1.165, 1.54) is 18.3 Å². The van der Waals surface area contributed by atoms with E-state index in [1.807, 2.05) is 11.5 Å². The molecule has 1 fully saturated rings. The van der Waals surface area contributed by atoms with Crippen LogP contribution in [-0.2, 0) is 4.79 Å². The Hall–Kier alpha value is -2.43. The molecule has 1 amide bonds. The van der Waals surface area contributed by atoms with Crippen LogP contribution in [0.2, 0.25) is 5.02 Å². The molecule has 3 aromatic rings. The summed E-state index contributed by atoms with van der Waals surface area (Å²) in [6.07, 6.45) is 3.45. The van der Waals surface area contributed by atoms with Crippen LogP contribution in [0.15, 0.2) is 53.6 Å². The largest absolute Gasteiger partial charge is 0.497 e. The zero-order valence-corrected chi connectivity index (χ0v) is 22.9. The molecule has 0 radical (unpaired) electrons. The molecule has 4 rings (SSSR count). The van der Waals surface area contributed by atoms with Crippen molar-refractivity contribution in [2.24, 2.45) is 5.41 Å². The van der Waals surface area contributed by atoms with Gasteiger partial charge in [-0.2, -0.15) is 0 Å². The molecule has 0 spiro atoms. The number of hydrogen-bond donors (Lipinski definition) is 3. The van der Waals surface area contributed by atoms with Gasteiger partial charge in [-0.3, -0.25) is 15.0 Å². The molecule has 38 heavy (non-hydrogen) atoms. The van der Waals surface area contributed by atoms with Gasteiger partial charge in [-0.1, -0.05) is 11.6 Å². The first-order valence-corrected chi connectivity index (χ1v) is 14.1. The maximum absolute atomic E-state index is 13.1. The van der Waals surface area contributed by atoms with Crippen molar-refractivity contribution in [2.75, 3.05) is 32.5 Å². The summed E-state index contributed by atoms with van der Waals surface area (Å²) >= 11 is 8.16. The molecular weight excluding hydrogens is 529 g/mol. The number of carbonyl (C=O) groups excluding carboxylic acids is 1. The first kappa shape index (κ1) is 28.6. The number of ether oxygens (including phenoxy) is 1. The molecule has 1 saturated heterocycles. The zero-order valence-electron chi connectivity index (χ0n) is 21.3. The van der Waals surface area contributed by atoms with Crippen molar-refractivity contribution in [1.82, 2.24) is 15.4 Å². The third-order valence-electron chi connectivity index (χ3n) is 7.40. The Kier molecular flexibility index (Phi) is 9.84. The highest BCUT2D eigenvalue weighted by Crippen LogP contribution is 2.41. The number of hydrogen-bond acceptors (Lipinski definition) is 7. The van der Waals surface area contributed by atoms with Crippen LogP contribution in [0.3, 0.4) is 0 Å². The number of nitrogens with one attached hydrogen (secondary N) is 1. The molecule has 2 heterocycles. The van der Waals surface area contributed by atoms with Gasteiger partial charge in [0.15, 0.2) is 0 Å². The number of likely N-dealkylation sites (tertiary alicyclic amines) is 1. The number of piperidine rings is 1. The molecule has 204 valence electrons. The lowest BCUT2D eigenvalue weighted by Gasteiger charge is -2.40. The van der Waals surface area contributed by atoms with E-state index in [2.05, 4.69) is 9.88 Å². The van der Waals surface area contributed by atoms with Gasteiger partial charge < -0.3 is 14.7 Å². The number of pyridine rings is 1. The summed E-state index contributed by atoms with van der Waals surface area (Å²) < 4.78 is 18.4. The molecular formula is C28H33ClFN3O4S. The van der Waals surface area contributed by atoms with E-state index < -0.39 is 17.4 Å². The van der Waals surface area contributed by atoms with Gasteiger partial charge in [-0.05, 0) is 100.0 Å². The van der Waals surface area contributed by atoms with Crippen molar-refractivity contribution in [2.45, 2.75) is 43.1 Å². The van der Waals surface area contributed by atoms with Crippen LogP contribution in [-0.4, -0.2) is 58.6 Å². The van der Waals surface area contributed by atoms with E-state index in [0.29, 0.717) is 52.9 Å². The highest BCUT2D eigenvalue weighted by Gasteiger charge is 2.41. The van der Waals surface area contributed by atoms with Gasteiger partial charge >= 0.3 is 0 Å². The number of aliphatic hydroxyl groups is 1. The quantitative estimate of drug-likeness (QED) is 0.121. The normalized spacial score (nSPS) is 16.3. The number of benzene rings is 2. The second-order valence-corrected chi connectivity index (χ2v) is 11.3. The van der Waals surface area contributed by atoms with Crippen LogP contribution in [0.4, 0.5) is 4.39 Å². The maximum atomic E-state index is 13.1. The van der Waals surface area contributed by atoms with Gasteiger partial charge in [0.05, 0.1) is 29.2 Å². The number of thioether (sulfide) groups is 1. The number of carbonyl (C=O) groups is 1. The number of halogens is 2. The Balaban J connectivity index is 1.35. The Morgan fingerprint density at radius 1 is 1.26 bits per heavy atom. The second-order valence-electron chi connectivity index (χ2n) is 9.68. The van der Waals surface area contributed by atoms with Crippen LogP contribution in [0.1, 0.15) is 43.8 Å². The summed E-state index contributed by atoms with van der Waals surface area (Å²) in [5, 5.41) is 21.7. The van der Waals surface area contributed by atoms with Gasteiger partial charge in [-0.15, -0.1) is 11.8 Å². The fraction of sp³-hybridized carbons (Fsp3) is 0.429. The van der Waals surface area contributed by atoms with E-state index in [4.69, 9.17) is 16.3 Å². The summed E-state index contributed by atoms with van der Waals surface area (Å²) in [6.45, 7) is 2.34. The number of aliphatic hydroxyl groups excluding tert-OH is 1. The molecule has 2 aromatic carbocycles. The lowest BCUT2D eigenvalue weighted by molar-refractivity contribution is -0.143. The third kappa shape index (κ3) is 6.76. The Labute approximate surface area is 231 Å². The summed E-state index contributed by atoms with van der Waals surface area (Å²) in [7, 11) is 1.57. The summed E-state index contributed by atoms with van der Waals surface area (Å²) in [5.41, 5.74) is 2.34. The molecule has 1 aromatic heterocycles. The standard InChI is InChI=1S/C28H33ClFN3O4S/c1-37-20-5-8-24-22(17-20)26(23(29)18-31-24)25(34)9-10-28(27(35)32-36)11-14-33(15-12-28)13-2-16-38-21-6-3-19(30)4-7-21/h3-8,17-18,25,34,36H,2,9-16H2,1H3,(H,32,35)/t25-/m1/s1. The Bertz CT molecular complexity index is 1240. The molecule has 3 N–H and O–H groups in total. The molecule has 1 aliphatic rings. The van der Waals surface area contributed by atoms with Crippen molar-refractivity contribution in [3.63, 3.8) is 0 Å². The molecule has 0 aliphatic carbocycles. The van der Waals surface area contributed by atoms with E-state index in [0.717, 1.165) is 36.7 Å². The first-order valence-electron chi connectivity index (χ1n) is 12.7. The molecule has 1 atom stereocenters. The predicted molar refractivity (Wildman–Crippen MR) is 147 cm³/mol. The van der Waals surface area contributed by atoms with Crippen molar-refractivity contribution < 1.29 is 24.2 Å². The summed E-state index contributed by atoms with van der Waals surface area (Å²) in [4.78, 5) is 20.5. The van der Waals surface area contributed by atoms with Crippen LogP contribution in [0, 0.1) is 11.2 Å². The number of fused-ring (bicyclic) bond motifs is 1. The lowest BCUT2D eigenvalue weighted by atomic mass is 9.73. The average molecular weight is 562 g/mol. The minimum absolute atomic E-state index is 0.233. The molecule has 0 saturated carbocycles. The molecule has 0 unspecified atom stereocenters. The first-order chi connectivity index (χ1) is 18.3. The highest BCUT2D eigenvalue weighted by molar-refractivity contribution is 7.99. The van der Waals surface area contributed by atoms with Crippen molar-refractivity contribution >= 4 is 40.2 Å². The Morgan fingerprint density at radius 3 is 2.68 bits per heavy atom. The van der Waals surface area contributed by atoms with Gasteiger partial charge in [0.25, 0.3) is 0 Å². The molecule has 7 nitrogen and oxygen atoms in total. The predicted octanol–water partition coefficient (Wildman–Crippen LogP) is 5.62. The number of rotatable bonds is 11. The summed E-state index contributed by atoms with van der Waals surface area (Å²) in [5.74, 6) is 0.906. The summed E-state index contributed by atoms with van der Waals surface area (Å²) in [6, 6.07) is 11.9. The zero-order chi connectivity index (χ0) is 27.1. The molecule has 1 aliphatic heterocycles. The monoisotopic (exact) mass is 561 g/mol. The minimum atomic E-state index is -0.912. The fourth-order valence-corrected chi connectivity index (χ4v) is 6.23. The maximum Gasteiger partial charge on any atom is 0.249 e. The van der Waals surface area contributed by atoms with Crippen molar-refractivity contribution in [3.05, 3.63) is 65.1 Å². The number of hydroxylamine groups is 1. The van der Waals surface area contributed by atoms with E-state index in [-0.39, 0.29) is 5.82 Å². The SMILES string of the molecule is COc1ccc2ncc(Cl)c([C@H](O)CCC3(C(=O)NO)CCN(CCCSc4ccc(F)cc4)CC3)c2c1. The van der Waals surface area contributed by atoms with Crippen LogP contribution in [0.5, 0.6) is 5.75 Å². The number of aromatic nitrogens is 1. The molecule has 0 bridgehead atoms. The number of amides is 1. The third-order valence-corrected chi connectivity index (χ3v) is 8.79. The van der Waals surface area contributed by atoms with Gasteiger partial charge in [-0.25, -0.2) is 9.87 Å². The second kappa shape index (κ2) is 13.1. The van der Waals surface area contributed by atoms with Gasteiger partial charge in [0, 0.05) is 22.0 Å².